The summed E-state index contributed by atoms with van der Waals surface area (Å²) >= 11 is 0. The molecule has 1 rings (SSSR count). The van der Waals surface area contributed by atoms with E-state index in [1.807, 2.05) is 0 Å². The van der Waals surface area contributed by atoms with Crippen molar-refractivity contribution in [2.45, 2.75) is 0 Å². The van der Waals surface area contributed by atoms with Crippen LogP contribution in [0.1, 0.15) is 10.4 Å². The number of hydrogen-bond acceptors (Lipinski definition) is 3. The molecule has 0 saturated carbocycles. The van der Waals surface area contributed by atoms with Gasteiger partial charge in [0.25, 0.3) is 0 Å². The summed E-state index contributed by atoms with van der Waals surface area (Å²) in [6, 6.07) is 4.41. The molecule has 4 heteroatoms. The number of aldehydes is 1. The zero-order chi connectivity index (χ0) is 8.27. The number of phenols is 1. The predicted molar refractivity (Wildman–Crippen MR) is 40.0 cm³/mol. The molecule has 0 fully saturated rings. The van der Waals surface area contributed by atoms with Gasteiger partial charge in [-0.2, -0.15) is 0 Å². The molecular formula is C8H8O3Rf. The van der Waals surface area contributed by atoms with Crippen LogP contribution in [0.5, 0.6) is 11.5 Å². The minimum Gasteiger partial charge on any atom is -0.504 e. The van der Waals surface area contributed by atoms with E-state index in [1.165, 1.54) is 25.3 Å². The maximum absolute atomic E-state index is 10.2. The Kier molecular flexibility index (Phi) is 2.85. The van der Waals surface area contributed by atoms with E-state index in [4.69, 9.17) is 9.84 Å². The Morgan fingerprint density at radius 3 is 2.67 bits per heavy atom. The van der Waals surface area contributed by atoms with Crippen LogP contribution in [-0.2, 0) is 0 Å². The van der Waals surface area contributed by atoms with E-state index >= 15 is 0 Å². The number of rotatable bonds is 2. The summed E-state index contributed by atoms with van der Waals surface area (Å²) in [5, 5.41) is 9.09. The summed E-state index contributed by atoms with van der Waals surface area (Å²) in [5.41, 5.74) is 0.486. The third-order valence-corrected chi connectivity index (χ3v) is 1.34. The van der Waals surface area contributed by atoms with Crippen molar-refractivity contribution in [2.75, 3.05) is 7.11 Å². The van der Waals surface area contributed by atoms with Crippen LogP contribution in [0.25, 0.3) is 0 Å². The molecular weight excluding hydrogens is 411 g/mol. The SMILES string of the molecule is COc1cc(C=O)ccc1O.[Rf]. The van der Waals surface area contributed by atoms with Crippen LogP contribution in [0.3, 0.4) is 0 Å². The van der Waals surface area contributed by atoms with Crippen molar-refractivity contribution < 1.29 is 14.6 Å². The summed E-state index contributed by atoms with van der Waals surface area (Å²) < 4.78 is 4.78. The van der Waals surface area contributed by atoms with Gasteiger partial charge in [-0.1, -0.05) is 0 Å². The predicted octanol–water partition coefficient (Wildman–Crippen LogP) is 1.21. The number of ether oxygens (including phenoxy) is 1. The zero-order valence-electron chi connectivity index (χ0n) is 6.78. The number of carbonyl (C=O) groups excluding carboxylic acids is 1. The van der Waals surface area contributed by atoms with Crippen molar-refractivity contribution >= 4 is 6.29 Å². The van der Waals surface area contributed by atoms with Gasteiger partial charge < -0.3 is 9.84 Å². The largest absolute Gasteiger partial charge is 0.504 e. The first-order valence-electron chi connectivity index (χ1n) is 3.10. The van der Waals surface area contributed by atoms with Crippen LogP contribution >= 0.6 is 0 Å². The number of phenolic OH excluding ortho intramolecular Hbond substituents is 1. The van der Waals surface area contributed by atoms with Gasteiger partial charge in [-0.3, -0.25) is 4.79 Å². The molecule has 1 N–H and O–H groups in total. The molecule has 0 spiro atoms. The van der Waals surface area contributed by atoms with Gasteiger partial charge >= 0.3 is 0 Å². The molecule has 0 aliphatic carbocycles. The number of methoxy groups -OCH3 is 1. The van der Waals surface area contributed by atoms with Crippen LogP contribution in [-0.4, -0.2) is 18.5 Å². The fourth-order valence-electron chi connectivity index (χ4n) is 0.768. The summed E-state index contributed by atoms with van der Waals surface area (Å²) in [4.78, 5) is 10.2. The smallest absolute Gasteiger partial charge is 0.161 e. The molecule has 0 heterocycles. The first kappa shape index (κ1) is 9.49. The monoisotopic (exact) mass is 419 g/mol. The van der Waals surface area contributed by atoms with Crippen LogP contribution in [0.15, 0.2) is 18.2 Å². The second kappa shape index (κ2) is 3.61. The van der Waals surface area contributed by atoms with Gasteiger partial charge in [0.2, 0.25) is 0 Å². The molecule has 0 saturated heterocycles. The van der Waals surface area contributed by atoms with Crippen molar-refractivity contribution in [2.24, 2.45) is 0 Å². The van der Waals surface area contributed by atoms with E-state index in [-0.39, 0.29) is 5.75 Å². The minimum absolute atomic E-state index is 0. The second-order valence-electron chi connectivity index (χ2n) is 2.05. The Balaban J connectivity index is 0.00000121. The number of hydrogen-bond donors (Lipinski definition) is 1. The van der Waals surface area contributed by atoms with Crippen molar-refractivity contribution in [1.29, 1.82) is 0 Å². The van der Waals surface area contributed by atoms with Gasteiger partial charge in [-0.15, -0.1) is 0 Å². The molecule has 0 aliphatic heterocycles. The van der Waals surface area contributed by atoms with Gasteiger partial charge in [0, 0.05) is 5.56 Å². The topological polar surface area (TPSA) is 46.5 Å². The van der Waals surface area contributed by atoms with Crippen molar-refractivity contribution in [1.82, 2.24) is 0 Å². The summed E-state index contributed by atoms with van der Waals surface area (Å²) in [6.45, 7) is 0. The van der Waals surface area contributed by atoms with E-state index in [0.717, 1.165) is 0 Å². The first-order valence-corrected chi connectivity index (χ1v) is 3.10. The minimum atomic E-state index is 0. The fraction of sp³-hybridized carbons (Fsp3) is 0.125. The van der Waals surface area contributed by atoms with Gasteiger partial charge in [0.1, 0.15) is 6.29 Å². The van der Waals surface area contributed by atoms with Gasteiger partial charge in [0.15, 0.2) is 11.5 Å². The Bertz CT molecular complexity index is 273. The van der Waals surface area contributed by atoms with E-state index in [1.54, 1.807) is 0 Å². The number of benzene rings is 1. The van der Waals surface area contributed by atoms with Crippen LogP contribution in [0.2, 0.25) is 0 Å². The number of aromatic hydroxyl groups is 1. The molecule has 60 valence electrons. The standard InChI is InChI=1S/C8H8O3.Rf/c1-11-8-4-6(5-9)2-3-7(8)10;/h2-5,10H,1H3;. The number of carbonyl (C=O) groups is 1. The van der Waals surface area contributed by atoms with Crippen molar-refractivity contribution in [3.8, 4) is 11.5 Å². The van der Waals surface area contributed by atoms with E-state index in [9.17, 15) is 4.79 Å². The maximum atomic E-state index is 10.2. The van der Waals surface area contributed by atoms with Crippen LogP contribution in [0.4, 0.5) is 0 Å². The van der Waals surface area contributed by atoms with E-state index in [0.29, 0.717) is 17.6 Å². The molecule has 0 radical (unpaired) electrons. The van der Waals surface area contributed by atoms with E-state index < -0.39 is 0 Å². The first-order chi connectivity index (χ1) is 5.27. The molecule has 1 aromatic carbocycles. The molecule has 1 aromatic rings. The van der Waals surface area contributed by atoms with Crippen molar-refractivity contribution in [3.63, 3.8) is 0 Å². The molecule has 12 heavy (non-hydrogen) atoms. The maximum Gasteiger partial charge on any atom is 0.161 e. The molecule has 0 amide bonds. The Hall–Kier alpha value is -2.51. The Labute approximate surface area is 64.2 Å². The summed E-state index contributed by atoms with van der Waals surface area (Å²) in [7, 11) is 1.43. The average molecular weight is 419 g/mol. The Morgan fingerprint density at radius 2 is 2.17 bits per heavy atom. The average Bonchev–Trinajstić information content (AvgIpc) is 2.05. The summed E-state index contributed by atoms with van der Waals surface area (Å²) in [5.74, 6) is 0.354. The second-order valence-corrected chi connectivity index (χ2v) is 2.05. The van der Waals surface area contributed by atoms with Crippen molar-refractivity contribution in [3.05, 3.63) is 23.8 Å². The molecule has 0 unspecified atom stereocenters. The fourth-order valence-corrected chi connectivity index (χ4v) is 0.768. The Morgan fingerprint density at radius 1 is 1.50 bits per heavy atom. The molecule has 3 nitrogen and oxygen atoms in total. The van der Waals surface area contributed by atoms with Gasteiger partial charge in [0.05, 0.1) is 7.11 Å². The quantitative estimate of drug-likeness (QED) is 0.734. The molecule has 0 aromatic heterocycles. The summed E-state index contributed by atoms with van der Waals surface area (Å²) in [6.07, 6.45) is 0.696. The van der Waals surface area contributed by atoms with Crippen LogP contribution in [0, 0.1) is 0 Å². The zero-order valence-corrected chi connectivity index (χ0v) is 13.2. The molecule has 0 atom stereocenters. The third kappa shape index (κ3) is 1.50. The normalized spacial score (nSPS) is 8.42. The van der Waals surface area contributed by atoms with Crippen LogP contribution < -0.4 is 4.74 Å². The molecule has 0 aliphatic rings. The third-order valence-electron chi connectivity index (χ3n) is 1.34. The van der Waals surface area contributed by atoms with E-state index in [2.05, 4.69) is 0 Å². The van der Waals surface area contributed by atoms with Gasteiger partial charge in [-0.25, -0.2) is 0 Å². The van der Waals surface area contributed by atoms with Gasteiger partial charge in [-0.05, 0) is 18.2 Å². The molecule has 0 bridgehead atoms.